The van der Waals surface area contributed by atoms with Crippen molar-refractivity contribution in [3.05, 3.63) is 29.6 Å². The van der Waals surface area contributed by atoms with Gasteiger partial charge in [0.1, 0.15) is 11.6 Å². The highest BCUT2D eigenvalue weighted by Crippen LogP contribution is 2.28. The van der Waals surface area contributed by atoms with Crippen LogP contribution in [-0.2, 0) is 4.79 Å². The van der Waals surface area contributed by atoms with Crippen LogP contribution in [0.25, 0.3) is 0 Å². The molecule has 4 nitrogen and oxygen atoms in total. The van der Waals surface area contributed by atoms with E-state index in [1.165, 1.54) is 13.2 Å². The summed E-state index contributed by atoms with van der Waals surface area (Å²) in [6, 6.07) is 4.20. The highest BCUT2D eigenvalue weighted by atomic mass is 19.1. The molecule has 1 unspecified atom stereocenters. The molecular weight excluding hydrogens is 235 g/mol. The first-order chi connectivity index (χ1) is 8.29. The van der Waals surface area contributed by atoms with Crippen LogP contribution >= 0.6 is 0 Å². The van der Waals surface area contributed by atoms with Crippen LogP contribution in [0.5, 0.6) is 5.75 Å². The van der Waals surface area contributed by atoms with Crippen molar-refractivity contribution >= 4 is 5.91 Å². The van der Waals surface area contributed by atoms with Gasteiger partial charge in [0.2, 0.25) is 5.91 Å². The van der Waals surface area contributed by atoms with E-state index in [0.717, 1.165) is 0 Å². The van der Waals surface area contributed by atoms with Crippen LogP contribution in [0, 0.1) is 5.82 Å². The summed E-state index contributed by atoms with van der Waals surface area (Å²) in [5, 5.41) is 2.99. The van der Waals surface area contributed by atoms with Crippen molar-refractivity contribution in [3.63, 3.8) is 0 Å². The Balaban J connectivity index is 3.04. The zero-order valence-corrected chi connectivity index (χ0v) is 11.1. The van der Waals surface area contributed by atoms with E-state index in [1.54, 1.807) is 32.9 Å². The molecule has 0 aromatic heterocycles. The molecule has 0 aliphatic heterocycles. The monoisotopic (exact) mass is 254 g/mol. The molecule has 0 heterocycles. The summed E-state index contributed by atoms with van der Waals surface area (Å²) in [6.45, 7) is 5.06. The Morgan fingerprint density at radius 2 is 2.11 bits per heavy atom. The average Bonchev–Trinajstić information content (AvgIpc) is 2.27. The first kappa shape index (κ1) is 14.4. The number of nitrogens with two attached hydrogens (primary N) is 1. The second-order valence-electron chi connectivity index (χ2n) is 4.71. The molecule has 1 atom stereocenters. The molecule has 0 aliphatic carbocycles. The molecule has 0 saturated heterocycles. The minimum absolute atomic E-state index is 0.380. The molecule has 0 bridgehead atoms. The van der Waals surface area contributed by atoms with Crippen molar-refractivity contribution in [1.82, 2.24) is 5.32 Å². The number of hydrogen-bond acceptors (Lipinski definition) is 3. The molecule has 3 N–H and O–H groups in total. The van der Waals surface area contributed by atoms with Gasteiger partial charge in [-0.05, 0) is 32.9 Å². The quantitative estimate of drug-likeness (QED) is 0.841. The van der Waals surface area contributed by atoms with Crippen molar-refractivity contribution in [1.29, 1.82) is 0 Å². The van der Waals surface area contributed by atoms with E-state index in [4.69, 9.17) is 10.5 Å². The number of hydrogen-bond donors (Lipinski definition) is 2. The normalized spacial score (nSPS) is 13.2. The van der Waals surface area contributed by atoms with Crippen LogP contribution in [0.4, 0.5) is 4.39 Å². The van der Waals surface area contributed by atoms with Gasteiger partial charge in [0.05, 0.1) is 12.6 Å². The minimum atomic E-state index is -0.924. The van der Waals surface area contributed by atoms with E-state index >= 15 is 0 Å². The zero-order valence-electron chi connectivity index (χ0n) is 11.1. The number of carbonyl (C=O) groups is 1. The second kappa shape index (κ2) is 5.35. The van der Waals surface area contributed by atoms with Crippen LogP contribution in [0.15, 0.2) is 18.2 Å². The lowest BCUT2D eigenvalue weighted by atomic mass is 9.99. The Morgan fingerprint density at radius 1 is 1.50 bits per heavy atom. The van der Waals surface area contributed by atoms with Crippen molar-refractivity contribution in [3.8, 4) is 5.75 Å². The number of primary amides is 1. The molecule has 0 aliphatic rings. The van der Waals surface area contributed by atoms with Crippen LogP contribution in [0.3, 0.4) is 0 Å². The molecule has 1 aromatic carbocycles. The molecule has 1 rings (SSSR count). The maximum Gasteiger partial charge on any atom is 0.237 e. The summed E-state index contributed by atoms with van der Waals surface area (Å²) >= 11 is 0. The lowest BCUT2D eigenvalue weighted by Crippen LogP contribution is -2.51. The number of methoxy groups -OCH3 is 1. The van der Waals surface area contributed by atoms with Gasteiger partial charge in [-0.15, -0.1) is 0 Å². The topological polar surface area (TPSA) is 64.3 Å². The van der Waals surface area contributed by atoms with Crippen LogP contribution < -0.4 is 15.8 Å². The fourth-order valence-electron chi connectivity index (χ4n) is 1.80. The summed E-state index contributed by atoms with van der Waals surface area (Å²) in [6.07, 6.45) is 0. The van der Waals surface area contributed by atoms with Gasteiger partial charge < -0.3 is 10.5 Å². The van der Waals surface area contributed by atoms with Gasteiger partial charge in [0.15, 0.2) is 0 Å². The van der Waals surface area contributed by atoms with Gasteiger partial charge in [0, 0.05) is 11.6 Å². The molecule has 100 valence electrons. The Morgan fingerprint density at radius 3 is 2.61 bits per heavy atom. The summed E-state index contributed by atoms with van der Waals surface area (Å²) in [5.41, 5.74) is 4.74. The molecule has 1 amide bonds. The maximum atomic E-state index is 13.8. The predicted molar refractivity (Wildman–Crippen MR) is 67.8 cm³/mol. The van der Waals surface area contributed by atoms with E-state index < -0.39 is 17.5 Å². The third-order valence-corrected chi connectivity index (χ3v) is 2.86. The molecule has 0 fully saturated rings. The molecule has 5 heteroatoms. The van der Waals surface area contributed by atoms with Gasteiger partial charge in [0.25, 0.3) is 0 Å². The molecule has 18 heavy (non-hydrogen) atoms. The predicted octanol–water partition coefficient (Wildman–Crippen LogP) is 1.75. The molecule has 0 radical (unpaired) electrons. The number of halogens is 1. The van der Waals surface area contributed by atoms with Gasteiger partial charge in [-0.1, -0.05) is 6.07 Å². The Hall–Kier alpha value is -1.62. The Labute approximate surface area is 106 Å². The van der Waals surface area contributed by atoms with Crippen LogP contribution in [0.1, 0.15) is 32.4 Å². The van der Waals surface area contributed by atoms with E-state index in [2.05, 4.69) is 5.32 Å². The van der Waals surface area contributed by atoms with Crippen LogP contribution in [-0.4, -0.2) is 18.6 Å². The van der Waals surface area contributed by atoms with Gasteiger partial charge in [-0.3, -0.25) is 10.1 Å². The standard InChI is InChI=1S/C13H19FN2O2/c1-8(16-13(2,3)12(15)17)11-9(14)6-5-7-10(11)18-4/h5-8,16H,1-4H3,(H2,15,17). The van der Waals surface area contributed by atoms with E-state index in [9.17, 15) is 9.18 Å². The number of carbonyl (C=O) groups excluding carboxylic acids is 1. The molecular formula is C13H19FN2O2. The maximum absolute atomic E-state index is 13.8. The first-order valence-electron chi connectivity index (χ1n) is 5.69. The summed E-state index contributed by atoms with van der Waals surface area (Å²) in [7, 11) is 1.48. The highest BCUT2D eigenvalue weighted by molar-refractivity contribution is 5.83. The largest absolute Gasteiger partial charge is 0.496 e. The lowest BCUT2D eigenvalue weighted by molar-refractivity contribution is -0.123. The number of ether oxygens (including phenoxy) is 1. The van der Waals surface area contributed by atoms with Crippen molar-refractivity contribution < 1.29 is 13.9 Å². The van der Waals surface area contributed by atoms with E-state index in [-0.39, 0.29) is 5.82 Å². The molecule has 0 saturated carbocycles. The number of benzene rings is 1. The highest BCUT2D eigenvalue weighted by Gasteiger charge is 2.28. The van der Waals surface area contributed by atoms with Gasteiger partial charge >= 0.3 is 0 Å². The zero-order chi connectivity index (χ0) is 13.9. The summed E-state index contributed by atoms with van der Waals surface area (Å²) in [4.78, 5) is 11.3. The number of amides is 1. The minimum Gasteiger partial charge on any atom is -0.496 e. The Bertz CT molecular complexity index is 447. The fraction of sp³-hybridized carbons (Fsp3) is 0.462. The second-order valence-corrected chi connectivity index (χ2v) is 4.71. The third-order valence-electron chi connectivity index (χ3n) is 2.86. The van der Waals surface area contributed by atoms with E-state index in [1.807, 2.05) is 0 Å². The SMILES string of the molecule is COc1cccc(F)c1C(C)NC(C)(C)C(N)=O. The number of rotatable bonds is 5. The Kier molecular flexibility index (Phi) is 4.29. The lowest BCUT2D eigenvalue weighted by Gasteiger charge is -2.28. The average molecular weight is 254 g/mol. The van der Waals surface area contributed by atoms with Gasteiger partial charge in [-0.2, -0.15) is 0 Å². The van der Waals surface area contributed by atoms with Crippen molar-refractivity contribution in [2.75, 3.05) is 7.11 Å². The van der Waals surface area contributed by atoms with Crippen molar-refractivity contribution in [2.45, 2.75) is 32.4 Å². The fourth-order valence-corrected chi connectivity index (χ4v) is 1.80. The smallest absolute Gasteiger partial charge is 0.237 e. The summed E-state index contributed by atoms with van der Waals surface area (Å²) < 4.78 is 19.0. The molecule has 0 spiro atoms. The number of nitrogens with one attached hydrogen (secondary N) is 1. The van der Waals surface area contributed by atoms with Gasteiger partial charge in [-0.25, -0.2) is 4.39 Å². The summed E-state index contributed by atoms with van der Waals surface area (Å²) in [5.74, 6) is -0.436. The third kappa shape index (κ3) is 2.98. The molecule has 1 aromatic rings. The van der Waals surface area contributed by atoms with Crippen molar-refractivity contribution in [2.24, 2.45) is 5.73 Å². The first-order valence-corrected chi connectivity index (χ1v) is 5.69. The van der Waals surface area contributed by atoms with E-state index in [0.29, 0.717) is 11.3 Å². The van der Waals surface area contributed by atoms with Crippen LogP contribution in [0.2, 0.25) is 0 Å².